The van der Waals surface area contributed by atoms with E-state index in [0.717, 1.165) is 39.3 Å². The van der Waals surface area contributed by atoms with Gasteiger partial charge in [0.15, 0.2) is 0 Å². The fraction of sp³-hybridized carbons (Fsp3) is 0.0227. The number of nitrogens with zero attached hydrogens (tertiary/aromatic N) is 2. The lowest BCUT2D eigenvalue weighted by atomic mass is 9.70. The first-order valence-electron chi connectivity index (χ1n) is 31.4. The van der Waals surface area contributed by atoms with Gasteiger partial charge in [0, 0.05) is 33.5 Å². The highest BCUT2D eigenvalue weighted by atomic mass is 15.1. The smallest absolute Gasteiger partial charge is 0.0725 e. The van der Waals surface area contributed by atoms with Gasteiger partial charge in [-0.05, 0) is 207 Å². The average molecular weight is 1140 g/mol. The summed E-state index contributed by atoms with van der Waals surface area (Å²) in [5.74, 6) is 0. The van der Waals surface area contributed by atoms with Gasteiger partial charge in [0.05, 0.1) is 21.9 Å². The van der Waals surface area contributed by atoms with E-state index in [9.17, 15) is 0 Å². The van der Waals surface area contributed by atoms with Crippen molar-refractivity contribution < 1.29 is 0 Å². The first-order chi connectivity index (χ1) is 44.6. The molecular formula is C88H56N2. The summed E-state index contributed by atoms with van der Waals surface area (Å²) in [4.78, 5) is 2.35. The molecule has 0 amide bonds. The van der Waals surface area contributed by atoms with Gasteiger partial charge in [-0.3, -0.25) is 0 Å². The fourth-order valence-corrected chi connectivity index (χ4v) is 16.5. The van der Waals surface area contributed by atoms with E-state index in [1.54, 1.807) is 0 Å². The molecule has 2 nitrogen and oxygen atoms in total. The highest BCUT2D eigenvalue weighted by molar-refractivity contribution is 6.12. The van der Waals surface area contributed by atoms with Crippen LogP contribution in [0, 0.1) is 0 Å². The van der Waals surface area contributed by atoms with Crippen LogP contribution in [0.5, 0.6) is 0 Å². The molecule has 4 aliphatic carbocycles. The number of hydrogen-bond donors (Lipinski definition) is 0. The Kier molecular flexibility index (Phi) is 10.9. The van der Waals surface area contributed by atoms with Gasteiger partial charge < -0.3 is 9.47 Å². The van der Waals surface area contributed by atoms with Crippen molar-refractivity contribution in [3.05, 3.63) is 383 Å². The molecular weight excluding hydrogens is 1080 g/mol. The minimum atomic E-state index is -0.436. The van der Waals surface area contributed by atoms with E-state index in [4.69, 9.17) is 0 Å². The third-order valence-electron chi connectivity index (χ3n) is 20.2. The molecule has 0 saturated carbocycles. The maximum Gasteiger partial charge on any atom is 0.0725 e. The van der Waals surface area contributed by atoms with Crippen LogP contribution in [0.4, 0.5) is 17.1 Å². The van der Waals surface area contributed by atoms with Crippen LogP contribution in [-0.2, 0) is 10.8 Å². The molecule has 15 aromatic rings. The van der Waals surface area contributed by atoms with Crippen molar-refractivity contribution in [2.45, 2.75) is 10.8 Å². The molecule has 0 N–H and O–H groups in total. The molecule has 0 unspecified atom stereocenters. The zero-order chi connectivity index (χ0) is 59.1. The summed E-state index contributed by atoms with van der Waals surface area (Å²) in [5.41, 5.74) is 34.2. The second kappa shape index (κ2) is 19.5. The minimum Gasteiger partial charge on any atom is -0.311 e. The molecule has 90 heavy (non-hydrogen) atoms. The summed E-state index contributed by atoms with van der Waals surface area (Å²) in [6, 6.07) is 123. The molecule has 0 saturated heterocycles. The standard InChI is InChI=1S/C88H56N2/c1-3-19-57(20-4-1)35-36-58-37-43-64(44-38-58)89(63-21-5-2-6-22-63)65-45-47-66(48-46-65)90-85-51-41-59(61-39-49-73-71-27-11-17-33-81(71)87(83(73)55-61)77-29-13-7-23-67(77)68-24-8-14-30-78(68)87)53-75(85)76-54-60(42-52-86(76)90)62-40-50-74-72-28-12-18-34-82(72)88(84(74)56-62)79-31-15-9-25-69(79)70-26-10-16-32-80(70)88/h1-56H/b36-35+. The summed E-state index contributed by atoms with van der Waals surface area (Å²) in [6.07, 6.45) is 4.35. The Balaban J connectivity index is 0.780. The molecule has 0 aliphatic heterocycles. The van der Waals surface area contributed by atoms with Gasteiger partial charge in [0.25, 0.3) is 0 Å². The summed E-state index contributed by atoms with van der Waals surface area (Å²) in [7, 11) is 0. The second-order valence-corrected chi connectivity index (χ2v) is 24.6. The number of fused-ring (bicyclic) bond motifs is 23. The van der Waals surface area contributed by atoms with Crippen molar-refractivity contribution in [1.82, 2.24) is 4.57 Å². The van der Waals surface area contributed by atoms with Gasteiger partial charge in [-0.25, -0.2) is 0 Å². The number of anilines is 3. The van der Waals surface area contributed by atoms with E-state index in [-0.39, 0.29) is 0 Å². The van der Waals surface area contributed by atoms with Crippen molar-refractivity contribution in [3.8, 4) is 72.4 Å². The molecule has 14 aromatic carbocycles. The van der Waals surface area contributed by atoms with Gasteiger partial charge in [-0.1, -0.05) is 255 Å². The quantitative estimate of drug-likeness (QED) is 0.138. The Morgan fingerprint density at radius 1 is 0.233 bits per heavy atom. The van der Waals surface area contributed by atoms with Crippen molar-refractivity contribution in [2.75, 3.05) is 4.90 Å². The zero-order valence-electron chi connectivity index (χ0n) is 49.2. The lowest BCUT2D eigenvalue weighted by Crippen LogP contribution is -2.25. The van der Waals surface area contributed by atoms with Crippen LogP contribution in [0.15, 0.2) is 328 Å². The molecule has 0 fully saturated rings. The number of aromatic nitrogens is 1. The van der Waals surface area contributed by atoms with Crippen LogP contribution >= 0.6 is 0 Å². The van der Waals surface area contributed by atoms with Gasteiger partial charge in [0.1, 0.15) is 0 Å². The maximum absolute atomic E-state index is 2.52. The summed E-state index contributed by atoms with van der Waals surface area (Å²) in [5, 5.41) is 2.42. The molecule has 418 valence electrons. The van der Waals surface area contributed by atoms with Crippen molar-refractivity contribution in [3.63, 3.8) is 0 Å². The third kappa shape index (κ3) is 7.10. The molecule has 2 heteroatoms. The van der Waals surface area contributed by atoms with E-state index >= 15 is 0 Å². The van der Waals surface area contributed by atoms with E-state index in [0.29, 0.717) is 0 Å². The van der Waals surface area contributed by atoms with Crippen LogP contribution in [0.1, 0.15) is 55.6 Å². The second-order valence-electron chi connectivity index (χ2n) is 24.6. The molecule has 4 aliphatic rings. The first kappa shape index (κ1) is 50.6. The average Bonchev–Trinajstić information content (AvgIpc) is 1.53. The molecule has 2 spiro atoms. The Morgan fingerprint density at radius 2 is 0.533 bits per heavy atom. The van der Waals surface area contributed by atoms with E-state index < -0.39 is 10.8 Å². The monoisotopic (exact) mass is 1140 g/mol. The summed E-state index contributed by atoms with van der Waals surface area (Å²) < 4.78 is 2.48. The SMILES string of the molecule is C(=C\c1ccc(N(c2ccccc2)c2ccc(-n3c4ccc(-c5ccc6c(c5)C5(c7ccccc7-c7ccccc75)c5ccccc5-6)cc4c4cc(-c5ccc6c(c5)C5(c7ccccc7-c7ccccc75)c5ccccc5-6)ccc43)cc2)cc1)/c1ccccc1. The maximum atomic E-state index is 2.52. The van der Waals surface area contributed by atoms with Crippen LogP contribution in [0.2, 0.25) is 0 Å². The van der Waals surface area contributed by atoms with E-state index in [1.165, 1.54) is 128 Å². The van der Waals surface area contributed by atoms with Crippen molar-refractivity contribution >= 4 is 51.0 Å². The van der Waals surface area contributed by atoms with E-state index in [1.807, 2.05) is 0 Å². The van der Waals surface area contributed by atoms with Crippen LogP contribution < -0.4 is 4.90 Å². The Labute approximate surface area is 523 Å². The highest BCUT2D eigenvalue weighted by Gasteiger charge is 2.53. The third-order valence-corrected chi connectivity index (χ3v) is 20.2. The topological polar surface area (TPSA) is 8.17 Å². The number of benzene rings is 14. The summed E-state index contributed by atoms with van der Waals surface area (Å²) in [6.45, 7) is 0. The predicted octanol–water partition coefficient (Wildman–Crippen LogP) is 22.4. The predicted molar refractivity (Wildman–Crippen MR) is 374 cm³/mol. The van der Waals surface area contributed by atoms with Crippen LogP contribution in [0.3, 0.4) is 0 Å². The van der Waals surface area contributed by atoms with Gasteiger partial charge in [-0.15, -0.1) is 0 Å². The Hall–Kier alpha value is -11.6. The molecule has 0 radical (unpaired) electrons. The fourth-order valence-electron chi connectivity index (χ4n) is 16.5. The number of hydrogen-bond acceptors (Lipinski definition) is 1. The number of rotatable bonds is 8. The lowest BCUT2D eigenvalue weighted by molar-refractivity contribution is 0.794. The van der Waals surface area contributed by atoms with Gasteiger partial charge in [-0.2, -0.15) is 0 Å². The van der Waals surface area contributed by atoms with Crippen molar-refractivity contribution in [2.24, 2.45) is 0 Å². The highest BCUT2D eigenvalue weighted by Crippen LogP contribution is 2.65. The van der Waals surface area contributed by atoms with Crippen LogP contribution in [-0.4, -0.2) is 4.57 Å². The first-order valence-corrected chi connectivity index (χ1v) is 31.4. The zero-order valence-corrected chi connectivity index (χ0v) is 49.2. The lowest BCUT2D eigenvalue weighted by Gasteiger charge is -2.30. The molecule has 1 heterocycles. The van der Waals surface area contributed by atoms with Gasteiger partial charge in [0.2, 0.25) is 0 Å². The molecule has 19 rings (SSSR count). The van der Waals surface area contributed by atoms with Crippen LogP contribution in [0.25, 0.3) is 106 Å². The van der Waals surface area contributed by atoms with E-state index in [2.05, 4.69) is 349 Å². The Morgan fingerprint density at radius 3 is 0.933 bits per heavy atom. The van der Waals surface area contributed by atoms with Crippen molar-refractivity contribution in [1.29, 1.82) is 0 Å². The minimum absolute atomic E-state index is 0.436. The largest absolute Gasteiger partial charge is 0.311 e. The molecule has 0 atom stereocenters. The Bertz CT molecular complexity index is 5090. The normalized spacial score (nSPS) is 13.7. The number of para-hydroxylation sites is 1. The molecule has 1 aromatic heterocycles. The molecule has 0 bridgehead atoms. The summed E-state index contributed by atoms with van der Waals surface area (Å²) >= 11 is 0. The van der Waals surface area contributed by atoms with Gasteiger partial charge >= 0.3 is 0 Å².